The van der Waals surface area contributed by atoms with Gasteiger partial charge in [-0.15, -0.1) is 0 Å². The van der Waals surface area contributed by atoms with Crippen LogP contribution in [0.25, 0.3) is 0 Å². The highest BCUT2D eigenvalue weighted by atomic mass is 31.1. The molecule has 60 valence electrons. The van der Waals surface area contributed by atoms with Gasteiger partial charge in [-0.1, -0.05) is 19.3 Å². The molecule has 0 amide bonds. The maximum absolute atomic E-state index is 10.2. The average Bonchev–Trinajstić information content (AvgIpc) is 1.88. The van der Waals surface area contributed by atoms with Crippen LogP contribution in [-0.2, 0) is 9.09 Å². The van der Waals surface area contributed by atoms with Crippen molar-refractivity contribution < 1.29 is 14.0 Å². The topological polar surface area (TPSA) is 46.5 Å². The molecule has 1 rings (SSSR count). The van der Waals surface area contributed by atoms with Crippen molar-refractivity contribution in [2.24, 2.45) is 0 Å². The van der Waals surface area contributed by atoms with Crippen LogP contribution in [0.5, 0.6) is 0 Å². The second-order valence-electron chi connectivity index (χ2n) is 2.64. The van der Waals surface area contributed by atoms with Crippen molar-refractivity contribution in [3.63, 3.8) is 0 Å². The van der Waals surface area contributed by atoms with Gasteiger partial charge in [-0.25, -0.2) is 0 Å². The molecule has 0 bridgehead atoms. The fourth-order valence-corrected chi connectivity index (χ4v) is 1.85. The van der Waals surface area contributed by atoms with E-state index in [2.05, 4.69) is 0 Å². The first-order chi connectivity index (χ1) is 4.79. The second kappa shape index (κ2) is 4.12. The summed E-state index contributed by atoms with van der Waals surface area (Å²) in [5, 5.41) is 0. The quantitative estimate of drug-likeness (QED) is 0.632. The van der Waals surface area contributed by atoms with Crippen molar-refractivity contribution in [1.29, 1.82) is 0 Å². The van der Waals surface area contributed by atoms with Gasteiger partial charge in [0, 0.05) is 0 Å². The Balaban J connectivity index is 2.19. The molecular weight excluding hydrogens is 151 g/mol. The Morgan fingerprint density at radius 3 is 2.40 bits per heavy atom. The zero-order valence-electron chi connectivity index (χ0n) is 5.88. The normalized spacial score (nSPS) is 24.5. The molecule has 0 radical (unpaired) electrons. The number of hydrogen-bond acceptors (Lipinski definition) is 2. The number of rotatable bonds is 2. The smallest absolute Gasteiger partial charge is 0.316 e. The largest absolute Gasteiger partial charge is 0.326 e. The van der Waals surface area contributed by atoms with Crippen LogP contribution in [0.2, 0.25) is 0 Å². The standard InChI is InChI=1S/C6H13O3P/c7-10(8)9-6-4-2-1-3-5-6/h6,10H,1-5H2,(H,7,8). The molecule has 1 unspecified atom stereocenters. The van der Waals surface area contributed by atoms with E-state index >= 15 is 0 Å². The lowest BCUT2D eigenvalue weighted by Crippen LogP contribution is -2.12. The third-order valence-corrected chi connectivity index (χ3v) is 2.35. The van der Waals surface area contributed by atoms with Crippen molar-refractivity contribution in [1.82, 2.24) is 0 Å². The minimum absolute atomic E-state index is 0.0603. The molecule has 1 saturated carbocycles. The Hall–Kier alpha value is 0.150. The van der Waals surface area contributed by atoms with E-state index in [1.807, 2.05) is 0 Å². The predicted octanol–water partition coefficient (Wildman–Crippen LogP) is 1.72. The van der Waals surface area contributed by atoms with Crippen molar-refractivity contribution in [3.8, 4) is 0 Å². The van der Waals surface area contributed by atoms with E-state index < -0.39 is 8.25 Å². The highest BCUT2D eigenvalue weighted by molar-refractivity contribution is 7.32. The minimum atomic E-state index is -2.68. The maximum atomic E-state index is 10.2. The molecule has 1 fully saturated rings. The molecule has 0 aromatic heterocycles. The monoisotopic (exact) mass is 164 g/mol. The van der Waals surface area contributed by atoms with E-state index in [0.717, 1.165) is 25.7 Å². The SMILES string of the molecule is O=[PH](O)OC1CCCCC1. The summed E-state index contributed by atoms with van der Waals surface area (Å²) < 4.78 is 15.0. The molecule has 4 heteroatoms. The summed E-state index contributed by atoms with van der Waals surface area (Å²) in [5.41, 5.74) is 0. The molecule has 3 nitrogen and oxygen atoms in total. The Morgan fingerprint density at radius 1 is 1.30 bits per heavy atom. The van der Waals surface area contributed by atoms with Crippen molar-refractivity contribution >= 4 is 8.25 Å². The molecule has 1 aliphatic rings. The van der Waals surface area contributed by atoms with E-state index in [9.17, 15) is 4.57 Å². The van der Waals surface area contributed by atoms with Crippen molar-refractivity contribution in [2.75, 3.05) is 0 Å². The van der Waals surface area contributed by atoms with Gasteiger partial charge in [-0.3, -0.25) is 4.57 Å². The predicted molar refractivity (Wildman–Crippen MR) is 39.2 cm³/mol. The Labute approximate surface area is 61.3 Å². The molecule has 1 atom stereocenters. The van der Waals surface area contributed by atoms with Gasteiger partial charge in [0.05, 0.1) is 6.10 Å². The molecule has 0 aromatic rings. The number of hydrogen-bond donors (Lipinski definition) is 1. The Kier molecular flexibility index (Phi) is 3.40. The molecule has 0 saturated heterocycles. The highest BCUT2D eigenvalue weighted by Crippen LogP contribution is 2.27. The summed E-state index contributed by atoms with van der Waals surface area (Å²) in [5.74, 6) is 0. The lowest BCUT2D eigenvalue weighted by molar-refractivity contribution is 0.147. The summed E-state index contributed by atoms with van der Waals surface area (Å²) in [4.78, 5) is 8.43. The zero-order valence-corrected chi connectivity index (χ0v) is 6.88. The Bertz CT molecular complexity index is 120. The van der Waals surface area contributed by atoms with Crippen LogP contribution in [0.4, 0.5) is 0 Å². The maximum Gasteiger partial charge on any atom is 0.316 e. The molecule has 0 spiro atoms. The third-order valence-electron chi connectivity index (χ3n) is 1.82. The van der Waals surface area contributed by atoms with Crippen LogP contribution < -0.4 is 0 Å². The van der Waals surface area contributed by atoms with E-state index in [1.54, 1.807) is 0 Å². The van der Waals surface area contributed by atoms with Crippen LogP contribution >= 0.6 is 8.25 Å². The third kappa shape index (κ3) is 2.82. The van der Waals surface area contributed by atoms with Gasteiger partial charge >= 0.3 is 8.25 Å². The van der Waals surface area contributed by atoms with E-state index in [0.29, 0.717) is 0 Å². The fourth-order valence-electron chi connectivity index (χ4n) is 1.33. The Morgan fingerprint density at radius 2 is 1.90 bits per heavy atom. The first-order valence-electron chi connectivity index (χ1n) is 3.68. The van der Waals surface area contributed by atoms with Crippen LogP contribution in [-0.4, -0.2) is 11.0 Å². The van der Waals surface area contributed by atoms with Crippen LogP contribution in [0.3, 0.4) is 0 Å². The summed E-state index contributed by atoms with van der Waals surface area (Å²) in [6.45, 7) is 0. The molecule has 0 aliphatic heterocycles. The lowest BCUT2D eigenvalue weighted by Gasteiger charge is -2.19. The minimum Gasteiger partial charge on any atom is -0.326 e. The fraction of sp³-hybridized carbons (Fsp3) is 1.00. The molecule has 1 N–H and O–H groups in total. The summed E-state index contributed by atoms with van der Waals surface area (Å²) in [6, 6.07) is 0. The summed E-state index contributed by atoms with van der Waals surface area (Å²) >= 11 is 0. The van der Waals surface area contributed by atoms with E-state index in [4.69, 9.17) is 9.42 Å². The molecule has 0 heterocycles. The van der Waals surface area contributed by atoms with Gasteiger partial charge in [-0.05, 0) is 12.8 Å². The van der Waals surface area contributed by atoms with Gasteiger partial charge in [0.15, 0.2) is 0 Å². The molecule has 1 aliphatic carbocycles. The summed E-state index contributed by atoms with van der Waals surface area (Å²) in [7, 11) is -2.68. The van der Waals surface area contributed by atoms with Gasteiger partial charge in [0.2, 0.25) is 0 Å². The first-order valence-corrected chi connectivity index (χ1v) is 4.95. The molecular formula is C6H13O3P. The van der Waals surface area contributed by atoms with Crippen molar-refractivity contribution in [3.05, 3.63) is 0 Å². The second-order valence-corrected chi connectivity index (χ2v) is 3.41. The van der Waals surface area contributed by atoms with Crippen LogP contribution in [0.1, 0.15) is 32.1 Å². The van der Waals surface area contributed by atoms with Crippen molar-refractivity contribution in [2.45, 2.75) is 38.2 Å². The molecule has 10 heavy (non-hydrogen) atoms. The van der Waals surface area contributed by atoms with E-state index in [1.165, 1.54) is 6.42 Å². The van der Waals surface area contributed by atoms with Gasteiger partial charge < -0.3 is 9.42 Å². The van der Waals surface area contributed by atoms with Crippen LogP contribution in [0, 0.1) is 0 Å². The van der Waals surface area contributed by atoms with E-state index in [-0.39, 0.29) is 6.10 Å². The zero-order chi connectivity index (χ0) is 7.40. The first kappa shape index (κ1) is 8.25. The van der Waals surface area contributed by atoms with Crippen LogP contribution in [0.15, 0.2) is 0 Å². The van der Waals surface area contributed by atoms with Gasteiger partial charge in [0.1, 0.15) is 0 Å². The van der Waals surface area contributed by atoms with Gasteiger partial charge in [-0.2, -0.15) is 0 Å². The average molecular weight is 164 g/mol. The lowest BCUT2D eigenvalue weighted by atomic mass is 9.98. The molecule has 0 aromatic carbocycles. The van der Waals surface area contributed by atoms with Gasteiger partial charge in [0.25, 0.3) is 0 Å². The highest BCUT2D eigenvalue weighted by Gasteiger charge is 2.14. The summed E-state index contributed by atoms with van der Waals surface area (Å²) in [6.07, 6.45) is 5.49.